The fraction of sp³-hybridized carbons (Fsp3) is 0.125. The van der Waals surface area contributed by atoms with E-state index in [0.29, 0.717) is 16.0 Å². The van der Waals surface area contributed by atoms with Crippen molar-refractivity contribution < 1.29 is 4.39 Å². The lowest BCUT2D eigenvalue weighted by Gasteiger charge is -2.10. The van der Waals surface area contributed by atoms with E-state index in [9.17, 15) is 4.39 Å². The van der Waals surface area contributed by atoms with E-state index in [0.717, 1.165) is 11.4 Å². The molecule has 0 atom stereocenters. The van der Waals surface area contributed by atoms with Crippen LogP contribution in [0.25, 0.3) is 0 Å². The zero-order valence-corrected chi connectivity index (χ0v) is 13.7. The molecule has 0 spiro atoms. The smallest absolute Gasteiger partial charge is 0.199 e. The molecule has 2 N–H and O–H groups in total. The fourth-order valence-electron chi connectivity index (χ4n) is 1.65. The second kappa shape index (κ2) is 8.51. The molecule has 0 heterocycles. The largest absolute Gasteiger partial charge is 0.335 e. The molecule has 2 aromatic rings. The van der Waals surface area contributed by atoms with Crippen molar-refractivity contribution in [3.8, 4) is 0 Å². The van der Waals surface area contributed by atoms with Gasteiger partial charge in [0.25, 0.3) is 0 Å². The Balaban J connectivity index is 2.04. The van der Waals surface area contributed by atoms with E-state index in [1.807, 2.05) is 37.3 Å². The van der Waals surface area contributed by atoms with Crippen LogP contribution in [0.15, 0.2) is 59.6 Å². The minimum atomic E-state index is -0.284. The van der Waals surface area contributed by atoms with Crippen LogP contribution in [0.3, 0.4) is 0 Å². The molecule has 0 unspecified atom stereocenters. The third-order valence-electron chi connectivity index (χ3n) is 2.60. The minimum Gasteiger partial charge on any atom is -0.335 e. The molecule has 2 rings (SSSR count). The van der Waals surface area contributed by atoms with Crippen molar-refractivity contribution >= 4 is 45.6 Å². The van der Waals surface area contributed by atoms with Gasteiger partial charge in [0.05, 0.1) is 0 Å². The van der Waals surface area contributed by atoms with Crippen LogP contribution in [0.5, 0.6) is 0 Å². The minimum absolute atomic E-state index is 0.284. The molecule has 3 nitrogen and oxygen atoms in total. The molecule has 0 aliphatic rings. The SMILES string of the molecule is CCS/C(=N/C(=S)Nc1ccc(F)cc1)Nc1ccccc1. The highest BCUT2D eigenvalue weighted by Crippen LogP contribution is 2.13. The summed E-state index contributed by atoms with van der Waals surface area (Å²) in [7, 11) is 0. The number of hydrogen-bond donors (Lipinski definition) is 2. The second-order valence-electron chi connectivity index (χ2n) is 4.28. The Labute approximate surface area is 139 Å². The number of nitrogens with one attached hydrogen (secondary N) is 2. The summed E-state index contributed by atoms with van der Waals surface area (Å²) in [6.45, 7) is 2.04. The number of thioether (sulfide) groups is 1. The van der Waals surface area contributed by atoms with Gasteiger partial charge >= 0.3 is 0 Å². The molecule has 2 aromatic carbocycles. The van der Waals surface area contributed by atoms with Crippen LogP contribution in [-0.2, 0) is 0 Å². The normalized spacial score (nSPS) is 11.1. The van der Waals surface area contributed by atoms with Gasteiger partial charge in [0, 0.05) is 11.4 Å². The molecular formula is C16H16FN3S2. The van der Waals surface area contributed by atoms with E-state index in [-0.39, 0.29) is 5.82 Å². The highest BCUT2D eigenvalue weighted by atomic mass is 32.2. The van der Waals surface area contributed by atoms with Gasteiger partial charge in [-0.25, -0.2) is 4.39 Å². The first kappa shape index (κ1) is 16.5. The number of halogens is 1. The van der Waals surface area contributed by atoms with Gasteiger partial charge in [-0.2, -0.15) is 4.99 Å². The molecule has 0 radical (unpaired) electrons. The van der Waals surface area contributed by atoms with Gasteiger partial charge in [0.2, 0.25) is 0 Å². The first-order chi connectivity index (χ1) is 10.7. The molecular weight excluding hydrogens is 317 g/mol. The Morgan fingerprint density at radius 1 is 1.05 bits per heavy atom. The van der Waals surface area contributed by atoms with Crippen LogP contribution in [0.2, 0.25) is 0 Å². The third-order valence-corrected chi connectivity index (χ3v) is 3.55. The maximum Gasteiger partial charge on any atom is 0.199 e. The van der Waals surface area contributed by atoms with E-state index in [1.165, 1.54) is 12.1 Å². The van der Waals surface area contributed by atoms with Gasteiger partial charge in [-0.05, 0) is 54.4 Å². The van der Waals surface area contributed by atoms with Crippen molar-refractivity contribution in [1.82, 2.24) is 0 Å². The van der Waals surface area contributed by atoms with Crippen LogP contribution in [0.4, 0.5) is 15.8 Å². The van der Waals surface area contributed by atoms with Crippen LogP contribution in [-0.4, -0.2) is 16.0 Å². The Hall–Kier alpha value is -1.92. The van der Waals surface area contributed by atoms with E-state index in [4.69, 9.17) is 12.2 Å². The zero-order chi connectivity index (χ0) is 15.8. The molecule has 0 saturated carbocycles. The molecule has 0 aromatic heterocycles. The number of anilines is 2. The Morgan fingerprint density at radius 3 is 2.32 bits per heavy atom. The van der Waals surface area contributed by atoms with Crippen molar-refractivity contribution in [2.24, 2.45) is 4.99 Å². The number of benzene rings is 2. The average molecular weight is 333 g/mol. The number of thiocarbonyl (C=S) groups is 1. The highest BCUT2D eigenvalue weighted by Gasteiger charge is 2.03. The van der Waals surface area contributed by atoms with Crippen LogP contribution in [0.1, 0.15) is 6.92 Å². The third kappa shape index (κ3) is 5.46. The summed E-state index contributed by atoms with van der Waals surface area (Å²) in [5.41, 5.74) is 1.66. The average Bonchev–Trinajstić information content (AvgIpc) is 2.51. The van der Waals surface area contributed by atoms with Gasteiger partial charge in [0.15, 0.2) is 10.3 Å². The maximum atomic E-state index is 12.9. The molecule has 22 heavy (non-hydrogen) atoms. The number of nitrogens with zero attached hydrogens (tertiary/aromatic N) is 1. The lowest BCUT2D eigenvalue weighted by Crippen LogP contribution is -2.14. The summed E-state index contributed by atoms with van der Waals surface area (Å²) in [6.07, 6.45) is 0. The number of rotatable bonds is 3. The van der Waals surface area contributed by atoms with Crippen molar-refractivity contribution in [2.45, 2.75) is 6.92 Å². The van der Waals surface area contributed by atoms with Crippen molar-refractivity contribution in [1.29, 1.82) is 0 Å². The lowest BCUT2D eigenvalue weighted by atomic mass is 10.3. The van der Waals surface area contributed by atoms with Gasteiger partial charge in [0.1, 0.15) is 5.82 Å². The predicted octanol–water partition coefficient (Wildman–Crippen LogP) is 4.74. The molecule has 0 saturated heterocycles. The zero-order valence-electron chi connectivity index (χ0n) is 12.0. The van der Waals surface area contributed by atoms with E-state index in [1.54, 1.807) is 23.9 Å². The Kier molecular flexibility index (Phi) is 6.36. The van der Waals surface area contributed by atoms with Crippen LogP contribution < -0.4 is 10.6 Å². The summed E-state index contributed by atoms with van der Waals surface area (Å²) in [5.74, 6) is 0.589. The summed E-state index contributed by atoms with van der Waals surface area (Å²) >= 11 is 6.79. The number of amidine groups is 1. The summed E-state index contributed by atoms with van der Waals surface area (Å²) < 4.78 is 12.9. The standard InChI is InChI=1S/C16H16FN3S2/c1-2-22-16(19-13-6-4-3-5-7-13)20-15(21)18-14-10-8-12(17)9-11-14/h3-11H,2H2,1H3,(H2,18,19,20,21). The molecule has 6 heteroatoms. The first-order valence-corrected chi connectivity index (χ1v) is 8.17. The van der Waals surface area contributed by atoms with Gasteiger partial charge in [-0.15, -0.1) is 0 Å². The second-order valence-corrected chi connectivity index (χ2v) is 5.92. The predicted molar refractivity (Wildman–Crippen MR) is 98.3 cm³/mol. The quantitative estimate of drug-likeness (QED) is 0.483. The molecule has 0 fully saturated rings. The van der Waals surface area contributed by atoms with E-state index >= 15 is 0 Å². The van der Waals surface area contributed by atoms with Crippen molar-refractivity contribution in [3.63, 3.8) is 0 Å². The van der Waals surface area contributed by atoms with Gasteiger partial charge < -0.3 is 10.6 Å². The van der Waals surface area contributed by atoms with Gasteiger partial charge in [-0.1, -0.05) is 36.9 Å². The Bertz CT molecular complexity index is 642. The van der Waals surface area contributed by atoms with Gasteiger partial charge in [-0.3, -0.25) is 0 Å². The lowest BCUT2D eigenvalue weighted by molar-refractivity contribution is 0.628. The van der Waals surface area contributed by atoms with Crippen molar-refractivity contribution in [2.75, 3.05) is 16.4 Å². The van der Waals surface area contributed by atoms with E-state index < -0.39 is 0 Å². The summed E-state index contributed by atoms with van der Waals surface area (Å²) in [4.78, 5) is 4.37. The van der Waals surface area contributed by atoms with E-state index in [2.05, 4.69) is 15.6 Å². The topological polar surface area (TPSA) is 36.4 Å². The molecule has 0 aliphatic carbocycles. The number of aliphatic imine (C=N–C) groups is 1. The Morgan fingerprint density at radius 2 is 1.68 bits per heavy atom. The summed E-state index contributed by atoms with van der Waals surface area (Å²) in [6, 6.07) is 15.8. The number of hydrogen-bond acceptors (Lipinski definition) is 2. The maximum absolute atomic E-state index is 12.9. The summed E-state index contributed by atoms with van der Waals surface area (Å²) in [5, 5.41) is 7.24. The molecule has 0 amide bonds. The molecule has 114 valence electrons. The highest BCUT2D eigenvalue weighted by molar-refractivity contribution is 8.14. The van der Waals surface area contributed by atoms with Crippen molar-refractivity contribution in [3.05, 3.63) is 60.4 Å². The first-order valence-electron chi connectivity index (χ1n) is 6.77. The molecule has 0 bridgehead atoms. The fourth-order valence-corrected chi connectivity index (χ4v) is 2.54. The molecule has 0 aliphatic heterocycles. The monoisotopic (exact) mass is 333 g/mol. The number of para-hydroxylation sites is 1. The van der Waals surface area contributed by atoms with Crippen LogP contribution in [0, 0.1) is 5.82 Å². The van der Waals surface area contributed by atoms with Crippen LogP contribution >= 0.6 is 24.0 Å².